The normalized spacial score (nSPS) is 11.0. The highest BCUT2D eigenvalue weighted by molar-refractivity contribution is 5.88. The molecule has 0 bridgehead atoms. The Balaban J connectivity index is 1.88. The molecule has 0 unspecified atom stereocenters. The van der Waals surface area contributed by atoms with E-state index in [0.717, 1.165) is 28.4 Å². The molecule has 0 aliphatic rings. The number of carbonyl (C=O) groups is 1. The quantitative estimate of drug-likeness (QED) is 0.688. The highest BCUT2D eigenvalue weighted by Gasteiger charge is 2.09. The summed E-state index contributed by atoms with van der Waals surface area (Å²) in [4.78, 5) is 15.4. The van der Waals surface area contributed by atoms with Crippen molar-refractivity contribution in [3.05, 3.63) is 77.1 Å². The molecule has 2 aromatic carbocycles. The van der Waals surface area contributed by atoms with Crippen LogP contribution in [0.4, 0.5) is 5.69 Å². The van der Waals surface area contributed by atoms with Gasteiger partial charge in [0, 0.05) is 28.9 Å². The molecule has 3 rings (SSSR count). The number of aliphatic imine (C=N–C) groups is 1. The molecule has 0 atom stereocenters. The fourth-order valence-electron chi connectivity index (χ4n) is 2.88. The maximum Gasteiger partial charge on any atom is 0.335 e. The third kappa shape index (κ3) is 3.52. The molecule has 5 heteroatoms. The van der Waals surface area contributed by atoms with Gasteiger partial charge in [0.2, 0.25) is 0 Å². The van der Waals surface area contributed by atoms with Crippen LogP contribution in [0.25, 0.3) is 5.69 Å². The molecule has 1 N–H and O–H groups in total. The molecule has 0 saturated carbocycles. The van der Waals surface area contributed by atoms with Crippen LogP contribution in [-0.2, 0) is 0 Å². The minimum Gasteiger partial charge on any atom is -0.497 e. The third-order valence-electron chi connectivity index (χ3n) is 4.27. The summed E-state index contributed by atoms with van der Waals surface area (Å²) < 4.78 is 7.38. The lowest BCUT2D eigenvalue weighted by Crippen LogP contribution is -1.99. The standard InChI is InChI=1S/C21H20N2O3/c1-14-12-17(13-22-18-6-4-16(5-7-18)21(24)25)15(2)23(14)19-8-10-20(26-3)11-9-19/h4-13H,1-3H3,(H,24,25). The van der Waals surface area contributed by atoms with Crippen LogP contribution >= 0.6 is 0 Å². The van der Waals surface area contributed by atoms with Gasteiger partial charge in [0.1, 0.15) is 5.75 Å². The van der Waals surface area contributed by atoms with E-state index in [1.54, 1.807) is 37.6 Å². The van der Waals surface area contributed by atoms with Crippen molar-refractivity contribution in [1.82, 2.24) is 4.57 Å². The van der Waals surface area contributed by atoms with E-state index in [2.05, 4.69) is 22.5 Å². The Morgan fingerprint density at radius 1 is 1.08 bits per heavy atom. The zero-order valence-electron chi connectivity index (χ0n) is 14.9. The van der Waals surface area contributed by atoms with Gasteiger partial charge in [-0.1, -0.05) is 0 Å². The van der Waals surface area contributed by atoms with Crippen molar-refractivity contribution in [2.24, 2.45) is 4.99 Å². The molecule has 0 aliphatic heterocycles. The van der Waals surface area contributed by atoms with Crippen LogP contribution in [0.1, 0.15) is 27.3 Å². The van der Waals surface area contributed by atoms with E-state index < -0.39 is 5.97 Å². The third-order valence-corrected chi connectivity index (χ3v) is 4.27. The molecule has 132 valence electrons. The number of nitrogens with zero attached hydrogens (tertiary/aromatic N) is 2. The minimum atomic E-state index is -0.941. The molecule has 5 nitrogen and oxygen atoms in total. The van der Waals surface area contributed by atoms with Gasteiger partial charge in [-0.15, -0.1) is 0 Å². The number of benzene rings is 2. The van der Waals surface area contributed by atoms with Gasteiger partial charge in [0.25, 0.3) is 0 Å². The number of ether oxygens (including phenoxy) is 1. The Kier molecular flexibility index (Phi) is 4.89. The number of aryl methyl sites for hydroxylation is 1. The van der Waals surface area contributed by atoms with Crippen LogP contribution < -0.4 is 4.74 Å². The summed E-state index contributed by atoms with van der Waals surface area (Å²) in [5.41, 5.74) is 5.23. The van der Waals surface area contributed by atoms with Gasteiger partial charge < -0.3 is 14.4 Å². The van der Waals surface area contributed by atoms with E-state index in [1.165, 1.54) is 0 Å². The number of rotatable bonds is 5. The van der Waals surface area contributed by atoms with Crippen LogP contribution in [0.5, 0.6) is 5.75 Å². The molecule has 26 heavy (non-hydrogen) atoms. The minimum absolute atomic E-state index is 0.252. The fraction of sp³-hybridized carbons (Fsp3) is 0.143. The second-order valence-electron chi connectivity index (χ2n) is 5.97. The fourth-order valence-corrected chi connectivity index (χ4v) is 2.88. The lowest BCUT2D eigenvalue weighted by molar-refractivity contribution is 0.0697. The van der Waals surface area contributed by atoms with Crippen LogP contribution in [0.3, 0.4) is 0 Å². The van der Waals surface area contributed by atoms with Gasteiger partial charge in [-0.05, 0) is 68.4 Å². The zero-order valence-corrected chi connectivity index (χ0v) is 14.9. The predicted octanol–water partition coefficient (Wildman–Crippen LogP) is 4.55. The van der Waals surface area contributed by atoms with E-state index in [1.807, 2.05) is 31.2 Å². The van der Waals surface area contributed by atoms with Gasteiger partial charge in [-0.2, -0.15) is 0 Å². The maximum atomic E-state index is 10.9. The molecule has 1 heterocycles. The number of carboxylic acids is 1. The molecule has 0 spiro atoms. The lowest BCUT2D eigenvalue weighted by atomic mass is 10.2. The highest BCUT2D eigenvalue weighted by Crippen LogP contribution is 2.22. The van der Waals surface area contributed by atoms with Crippen LogP contribution in [0.2, 0.25) is 0 Å². The van der Waals surface area contributed by atoms with Gasteiger partial charge >= 0.3 is 5.97 Å². The number of aromatic carboxylic acids is 1. The van der Waals surface area contributed by atoms with Crippen molar-refractivity contribution in [2.45, 2.75) is 13.8 Å². The molecule has 3 aromatic rings. The van der Waals surface area contributed by atoms with Gasteiger partial charge in [0.15, 0.2) is 0 Å². The number of hydrogen-bond acceptors (Lipinski definition) is 3. The lowest BCUT2D eigenvalue weighted by Gasteiger charge is -2.10. The topological polar surface area (TPSA) is 63.8 Å². The summed E-state index contributed by atoms with van der Waals surface area (Å²) >= 11 is 0. The summed E-state index contributed by atoms with van der Waals surface area (Å²) in [6.45, 7) is 4.10. The number of methoxy groups -OCH3 is 1. The molecule has 0 aliphatic carbocycles. The molecule has 0 amide bonds. The Hall–Kier alpha value is -3.34. The number of aromatic nitrogens is 1. The Morgan fingerprint density at radius 3 is 2.31 bits per heavy atom. The Bertz CT molecular complexity index is 952. The van der Waals surface area contributed by atoms with Crippen molar-refractivity contribution in [1.29, 1.82) is 0 Å². The summed E-state index contributed by atoms with van der Waals surface area (Å²) in [5, 5.41) is 8.95. The van der Waals surface area contributed by atoms with Gasteiger partial charge in [-0.3, -0.25) is 4.99 Å². The summed E-state index contributed by atoms with van der Waals surface area (Å²) in [6.07, 6.45) is 1.80. The van der Waals surface area contributed by atoms with Crippen LogP contribution in [-0.4, -0.2) is 29.0 Å². The Morgan fingerprint density at radius 2 is 1.73 bits per heavy atom. The molecule has 0 saturated heterocycles. The van der Waals surface area contributed by atoms with Crippen molar-refractivity contribution >= 4 is 17.9 Å². The summed E-state index contributed by atoms with van der Waals surface area (Å²) in [5.74, 6) is -0.119. The average Bonchev–Trinajstić information content (AvgIpc) is 2.94. The monoisotopic (exact) mass is 348 g/mol. The highest BCUT2D eigenvalue weighted by atomic mass is 16.5. The van der Waals surface area contributed by atoms with Gasteiger partial charge in [-0.25, -0.2) is 4.79 Å². The van der Waals surface area contributed by atoms with Gasteiger partial charge in [0.05, 0.1) is 18.4 Å². The van der Waals surface area contributed by atoms with Crippen molar-refractivity contribution in [3.63, 3.8) is 0 Å². The first kappa shape index (κ1) is 17.5. The van der Waals surface area contributed by atoms with E-state index in [9.17, 15) is 4.79 Å². The first-order valence-electron chi connectivity index (χ1n) is 8.20. The number of carboxylic acid groups (broad SMARTS) is 1. The summed E-state index contributed by atoms with van der Waals surface area (Å²) in [7, 11) is 1.65. The molecule has 0 fully saturated rings. The predicted molar refractivity (Wildman–Crippen MR) is 102 cm³/mol. The van der Waals surface area contributed by atoms with Crippen LogP contribution in [0.15, 0.2) is 59.6 Å². The van der Waals surface area contributed by atoms with E-state index in [4.69, 9.17) is 9.84 Å². The van der Waals surface area contributed by atoms with Crippen molar-refractivity contribution in [2.75, 3.05) is 7.11 Å². The first-order valence-corrected chi connectivity index (χ1v) is 8.20. The maximum absolute atomic E-state index is 10.9. The SMILES string of the molecule is COc1ccc(-n2c(C)cc(C=Nc3ccc(C(=O)O)cc3)c2C)cc1. The first-order chi connectivity index (χ1) is 12.5. The largest absolute Gasteiger partial charge is 0.497 e. The molecular formula is C21H20N2O3. The zero-order chi connectivity index (χ0) is 18.7. The second kappa shape index (κ2) is 7.27. The second-order valence-corrected chi connectivity index (χ2v) is 5.97. The van der Waals surface area contributed by atoms with Crippen LogP contribution in [0, 0.1) is 13.8 Å². The Labute approximate surface area is 152 Å². The molecule has 0 radical (unpaired) electrons. The smallest absolute Gasteiger partial charge is 0.335 e. The van der Waals surface area contributed by atoms with E-state index in [0.29, 0.717) is 5.69 Å². The van der Waals surface area contributed by atoms with Crippen molar-refractivity contribution in [3.8, 4) is 11.4 Å². The van der Waals surface area contributed by atoms with E-state index >= 15 is 0 Å². The summed E-state index contributed by atoms with van der Waals surface area (Å²) in [6, 6.07) is 16.5. The molecule has 1 aromatic heterocycles. The van der Waals surface area contributed by atoms with Crippen molar-refractivity contribution < 1.29 is 14.6 Å². The average molecular weight is 348 g/mol. The number of hydrogen-bond donors (Lipinski definition) is 1. The van der Waals surface area contributed by atoms with E-state index in [-0.39, 0.29) is 5.56 Å². The molecular weight excluding hydrogens is 328 g/mol.